The van der Waals surface area contributed by atoms with Crippen LogP contribution in [0.5, 0.6) is 5.75 Å². The molecular formula is C17H18ClNO2. The second kappa shape index (κ2) is 7.14. The highest BCUT2D eigenvalue weighted by atomic mass is 35.5. The zero-order valence-corrected chi connectivity index (χ0v) is 12.9. The second-order valence-electron chi connectivity index (χ2n) is 4.92. The highest BCUT2D eigenvalue weighted by Gasteiger charge is 2.14. The maximum absolute atomic E-state index is 12.0. The summed E-state index contributed by atoms with van der Waals surface area (Å²) < 4.78 is 5.57. The minimum atomic E-state index is -0.575. The molecule has 1 amide bonds. The van der Waals surface area contributed by atoms with Crippen LogP contribution in [0.3, 0.4) is 0 Å². The zero-order valence-electron chi connectivity index (χ0n) is 12.1. The molecule has 2 aromatic carbocycles. The number of hydrogen-bond acceptors (Lipinski definition) is 2. The second-order valence-corrected chi connectivity index (χ2v) is 5.36. The Labute approximate surface area is 129 Å². The Morgan fingerprint density at radius 2 is 1.95 bits per heavy atom. The van der Waals surface area contributed by atoms with Gasteiger partial charge in [-0.2, -0.15) is 0 Å². The van der Waals surface area contributed by atoms with Crippen LogP contribution >= 0.6 is 11.6 Å². The summed E-state index contributed by atoms with van der Waals surface area (Å²) in [7, 11) is 0. The number of hydrogen-bond donors (Lipinski definition) is 1. The first kappa shape index (κ1) is 15.4. The summed E-state index contributed by atoms with van der Waals surface area (Å²) >= 11 is 5.88. The Morgan fingerprint density at radius 1 is 1.24 bits per heavy atom. The highest BCUT2D eigenvalue weighted by molar-refractivity contribution is 6.30. The first-order chi connectivity index (χ1) is 10.0. The number of amides is 1. The number of carbonyl (C=O) groups excluding carboxylic acids is 1. The summed E-state index contributed by atoms with van der Waals surface area (Å²) in [6.07, 6.45) is -0.575. The van der Waals surface area contributed by atoms with E-state index in [1.54, 1.807) is 31.2 Å². The normalized spacial score (nSPS) is 11.8. The van der Waals surface area contributed by atoms with Crippen molar-refractivity contribution in [2.24, 2.45) is 0 Å². The van der Waals surface area contributed by atoms with Crippen LogP contribution < -0.4 is 10.1 Å². The predicted molar refractivity (Wildman–Crippen MR) is 84.6 cm³/mol. The van der Waals surface area contributed by atoms with Gasteiger partial charge in [0, 0.05) is 11.6 Å². The molecule has 0 aliphatic rings. The molecule has 21 heavy (non-hydrogen) atoms. The van der Waals surface area contributed by atoms with Crippen molar-refractivity contribution in [3.05, 3.63) is 64.7 Å². The Kier molecular flexibility index (Phi) is 5.23. The summed E-state index contributed by atoms with van der Waals surface area (Å²) in [6, 6.07) is 15.0. The zero-order chi connectivity index (χ0) is 15.2. The Balaban J connectivity index is 1.86. The van der Waals surface area contributed by atoms with E-state index in [0.29, 0.717) is 17.3 Å². The lowest BCUT2D eigenvalue weighted by Gasteiger charge is -2.15. The highest BCUT2D eigenvalue weighted by Crippen LogP contribution is 2.18. The van der Waals surface area contributed by atoms with Crippen molar-refractivity contribution < 1.29 is 9.53 Å². The Morgan fingerprint density at radius 3 is 2.62 bits per heavy atom. The molecule has 0 radical (unpaired) electrons. The molecule has 0 spiro atoms. The van der Waals surface area contributed by atoms with Gasteiger partial charge in [-0.05, 0) is 37.6 Å². The van der Waals surface area contributed by atoms with Crippen molar-refractivity contribution in [2.45, 2.75) is 26.5 Å². The van der Waals surface area contributed by atoms with Crippen molar-refractivity contribution in [1.29, 1.82) is 0 Å². The molecule has 4 heteroatoms. The maximum Gasteiger partial charge on any atom is 0.261 e. The Hall–Kier alpha value is -2.00. The Bertz CT molecular complexity index is 610. The molecule has 0 aliphatic heterocycles. The molecule has 0 fully saturated rings. The summed E-state index contributed by atoms with van der Waals surface area (Å²) in [6.45, 7) is 4.23. The molecule has 0 saturated heterocycles. The molecule has 1 N–H and O–H groups in total. The van der Waals surface area contributed by atoms with E-state index >= 15 is 0 Å². The number of rotatable bonds is 5. The third-order valence-electron chi connectivity index (χ3n) is 3.07. The minimum absolute atomic E-state index is 0.157. The fourth-order valence-corrected chi connectivity index (χ4v) is 2.02. The lowest BCUT2D eigenvalue weighted by atomic mass is 10.1. The molecular weight excluding hydrogens is 286 g/mol. The number of carbonyl (C=O) groups is 1. The first-order valence-electron chi connectivity index (χ1n) is 6.80. The molecule has 1 atom stereocenters. The molecule has 0 heterocycles. The van der Waals surface area contributed by atoms with Crippen molar-refractivity contribution in [3.8, 4) is 5.75 Å². The number of benzene rings is 2. The van der Waals surface area contributed by atoms with E-state index in [1.807, 2.05) is 31.2 Å². The molecule has 0 saturated carbocycles. The molecule has 2 rings (SSSR count). The van der Waals surface area contributed by atoms with E-state index in [2.05, 4.69) is 5.32 Å². The van der Waals surface area contributed by atoms with Gasteiger partial charge in [0.05, 0.1) is 0 Å². The molecule has 0 unspecified atom stereocenters. The van der Waals surface area contributed by atoms with Crippen molar-refractivity contribution in [2.75, 3.05) is 0 Å². The van der Waals surface area contributed by atoms with E-state index in [4.69, 9.17) is 16.3 Å². The van der Waals surface area contributed by atoms with Crippen LogP contribution in [0.2, 0.25) is 5.02 Å². The average Bonchev–Trinajstić information content (AvgIpc) is 2.46. The lowest BCUT2D eigenvalue weighted by molar-refractivity contribution is -0.127. The van der Waals surface area contributed by atoms with E-state index in [9.17, 15) is 4.79 Å². The smallest absolute Gasteiger partial charge is 0.261 e. The van der Waals surface area contributed by atoms with Crippen LogP contribution in [0, 0.1) is 6.92 Å². The van der Waals surface area contributed by atoms with Crippen molar-refractivity contribution >= 4 is 17.5 Å². The maximum atomic E-state index is 12.0. The van der Waals surface area contributed by atoms with Gasteiger partial charge in [-0.15, -0.1) is 0 Å². The van der Waals surface area contributed by atoms with Crippen molar-refractivity contribution in [3.63, 3.8) is 0 Å². The van der Waals surface area contributed by atoms with E-state index in [1.165, 1.54) is 5.56 Å². The van der Waals surface area contributed by atoms with Crippen LogP contribution in [0.25, 0.3) is 0 Å². The number of nitrogens with one attached hydrogen (secondary N) is 1. The molecule has 0 aliphatic carbocycles. The van der Waals surface area contributed by atoms with Gasteiger partial charge < -0.3 is 10.1 Å². The van der Waals surface area contributed by atoms with Crippen LogP contribution in [-0.4, -0.2) is 12.0 Å². The van der Waals surface area contributed by atoms with Gasteiger partial charge in [0.15, 0.2) is 6.10 Å². The standard InChI is InChI=1S/C17H18ClNO2/c1-12-6-8-14(9-7-12)11-19-17(20)13(2)21-16-5-3-4-15(18)10-16/h3-10,13H,11H2,1-2H3,(H,19,20)/t13-/m0/s1. The third-order valence-corrected chi connectivity index (χ3v) is 3.30. The summed E-state index contributed by atoms with van der Waals surface area (Å²) in [5, 5.41) is 3.44. The van der Waals surface area contributed by atoms with Gasteiger partial charge in [-0.3, -0.25) is 4.79 Å². The van der Waals surface area contributed by atoms with Crippen LogP contribution in [0.15, 0.2) is 48.5 Å². The van der Waals surface area contributed by atoms with E-state index in [0.717, 1.165) is 5.56 Å². The molecule has 110 valence electrons. The fourth-order valence-electron chi connectivity index (χ4n) is 1.84. The van der Waals surface area contributed by atoms with Crippen molar-refractivity contribution in [1.82, 2.24) is 5.32 Å². The van der Waals surface area contributed by atoms with Gasteiger partial charge in [0.25, 0.3) is 5.91 Å². The van der Waals surface area contributed by atoms with Crippen LogP contribution in [0.4, 0.5) is 0 Å². The third kappa shape index (κ3) is 4.80. The summed E-state index contributed by atoms with van der Waals surface area (Å²) in [4.78, 5) is 12.0. The lowest BCUT2D eigenvalue weighted by Crippen LogP contribution is -2.35. The van der Waals surface area contributed by atoms with E-state index < -0.39 is 6.10 Å². The SMILES string of the molecule is Cc1ccc(CNC(=O)[C@H](C)Oc2cccc(Cl)c2)cc1. The quantitative estimate of drug-likeness (QED) is 0.914. The van der Waals surface area contributed by atoms with Gasteiger partial charge >= 0.3 is 0 Å². The fraction of sp³-hybridized carbons (Fsp3) is 0.235. The van der Waals surface area contributed by atoms with Gasteiger partial charge in [0.2, 0.25) is 0 Å². The number of aryl methyl sites for hydroxylation is 1. The monoisotopic (exact) mass is 303 g/mol. The largest absolute Gasteiger partial charge is 0.481 e. The molecule has 0 bridgehead atoms. The molecule has 3 nitrogen and oxygen atoms in total. The van der Waals surface area contributed by atoms with Gasteiger partial charge in [0.1, 0.15) is 5.75 Å². The molecule has 2 aromatic rings. The van der Waals surface area contributed by atoms with Gasteiger partial charge in [-0.25, -0.2) is 0 Å². The first-order valence-corrected chi connectivity index (χ1v) is 7.18. The van der Waals surface area contributed by atoms with E-state index in [-0.39, 0.29) is 5.91 Å². The minimum Gasteiger partial charge on any atom is -0.481 e. The number of ether oxygens (including phenoxy) is 1. The summed E-state index contributed by atoms with van der Waals surface area (Å²) in [5.74, 6) is 0.427. The van der Waals surface area contributed by atoms with Gasteiger partial charge in [-0.1, -0.05) is 47.5 Å². The molecule has 0 aromatic heterocycles. The topological polar surface area (TPSA) is 38.3 Å². The van der Waals surface area contributed by atoms with Crippen LogP contribution in [-0.2, 0) is 11.3 Å². The van der Waals surface area contributed by atoms with Crippen LogP contribution in [0.1, 0.15) is 18.1 Å². The number of halogens is 1. The average molecular weight is 304 g/mol. The predicted octanol–water partition coefficient (Wildman–Crippen LogP) is 3.73. The summed E-state index contributed by atoms with van der Waals surface area (Å²) in [5.41, 5.74) is 2.26.